The van der Waals surface area contributed by atoms with Gasteiger partial charge in [-0.15, -0.1) is 0 Å². The molecule has 0 spiro atoms. The van der Waals surface area contributed by atoms with Gasteiger partial charge in [0.05, 0.1) is 12.1 Å². The lowest BCUT2D eigenvalue weighted by molar-refractivity contribution is -0.156. The first-order valence-electron chi connectivity index (χ1n) is 32.0. The zero-order valence-electron chi connectivity index (χ0n) is 53.5. The molecule has 90 heavy (non-hydrogen) atoms. The Kier molecular flexibility index (Phi) is 27.5. The molecule has 0 aliphatic carbocycles. The van der Waals surface area contributed by atoms with Gasteiger partial charge in [0, 0.05) is 76.0 Å². The van der Waals surface area contributed by atoms with Crippen molar-refractivity contribution in [3.63, 3.8) is 0 Å². The Hall–Kier alpha value is -8.34. The number of carbonyl (C=O) groups is 6. The maximum absolute atomic E-state index is 14.1. The number of hydrogen-bond donors (Lipinski definition) is 4. The highest BCUT2D eigenvalue weighted by Crippen LogP contribution is 2.30. The Morgan fingerprint density at radius 1 is 0.456 bits per heavy atom. The van der Waals surface area contributed by atoms with Crippen LogP contribution in [0.2, 0.25) is 0 Å². The molecule has 2 aliphatic rings. The SMILES string of the molecule is CC(C)(C)OC(=O)CC[C@@H]1CCN(CC(c2ccccc2)c2ccccc2)C(=O)[C@H](CCCNC(=O)OCc2ccccc2)N1.CC(C)(C)OC(=O)CC[C@H]1CCN(CC(c2ccccc2)c2ccccc2)C(=O)[C@H](CCCNC(=O)OCc2ccccc2)N1. The second-order valence-corrected chi connectivity index (χ2v) is 25.2. The van der Waals surface area contributed by atoms with Gasteiger partial charge in [0.25, 0.3) is 0 Å². The molecule has 480 valence electrons. The van der Waals surface area contributed by atoms with Gasteiger partial charge in [-0.05, 0) is 126 Å². The second kappa shape index (κ2) is 35.7. The van der Waals surface area contributed by atoms with Crippen molar-refractivity contribution >= 4 is 35.9 Å². The molecule has 4 atom stereocenters. The molecule has 8 rings (SSSR count). The molecule has 4 N–H and O–H groups in total. The van der Waals surface area contributed by atoms with Crippen LogP contribution in [0.25, 0.3) is 0 Å². The molecule has 2 aliphatic heterocycles. The van der Waals surface area contributed by atoms with Crippen molar-refractivity contribution in [2.24, 2.45) is 0 Å². The maximum atomic E-state index is 14.1. The van der Waals surface area contributed by atoms with E-state index in [4.69, 9.17) is 18.9 Å². The quantitative estimate of drug-likeness (QED) is 0.0228. The molecule has 16 heteroatoms. The molecule has 6 aromatic rings. The molecule has 16 nitrogen and oxygen atoms in total. The van der Waals surface area contributed by atoms with E-state index in [0.29, 0.717) is 77.8 Å². The number of benzene rings is 6. The van der Waals surface area contributed by atoms with Crippen LogP contribution < -0.4 is 21.3 Å². The van der Waals surface area contributed by atoms with Crippen molar-refractivity contribution in [1.82, 2.24) is 31.1 Å². The molecule has 2 fully saturated rings. The average Bonchev–Trinajstić information content (AvgIpc) is 2.98. The molecule has 2 saturated heterocycles. The smallest absolute Gasteiger partial charge is 0.407 e. The van der Waals surface area contributed by atoms with Crippen LogP contribution in [0.15, 0.2) is 182 Å². The molecular weight excluding hydrogens is 1130 g/mol. The van der Waals surface area contributed by atoms with E-state index >= 15 is 0 Å². The van der Waals surface area contributed by atoms with Crippen LogP contribution in [0.4, 0.5) is 9.59 Å². The Labute approximate surface area is 533 Å². The summed E-state index contributed by atoms with van der Waals surface area (Å²) in [7, 11) is 0. The third-order valence-electron chi connectivity index (χ3n) is 15.7. The van der Waals surface area contributed by atoms with E-state index in [2.05, 4.69) is 69.8 Å². The van der Waals surface area contributed by atoms with E-state index in [1.54, 1.807) is 0 Å². The molecule has 0 radical (unpaired) electrons. The Balaban J connectivity index is 0.000000256. The lowest BCUT2D eigenvalue weighted by atomic mass is 9.90. The first-order chi connectivity index (χ1) is 43.4. The fraction of sp³-hybridized carbons (Fsp3) is 0.432. The monoisotopic (exact) mass is 1230 g/mol. The van der Waals surface area contributed by atoms with Crippen molar-refractivity contribution in [1.29, 1.82) is 0 Å². The highest BCUT2D eigenvalue weighted by molar-refractivity contribution is 5.83. The van der Waals surface area contributed by atoms with Crippen LogP contribution >= 0.6 is 0 Å². The summed E-state index contributed by atoms with van der Waals surface area (Å²) < 4.78 is 21.7. The van der Waals surface area contributed by atoms with Crippen molar-refractivity contribution in [2.75, 3.05) is 39.3 Å². The van der Waals surface area contributed by atoms with Gasteiger partial charge in [0.15, 0.2) is 0 Å². The van der Waals surface area contributed by atoms with Crippen LogP contribution in [0.1, 0.15) is 151 Å². The van der Waals surface area contributed by atoms with Gasteiger partial charge in [-0.3, -0.25) is 19.2 Å². The summed E-state index contributed by atoms with van der Waals surface area (Å²) in [4.78, 5) is 81.6. The lowest BCUT2D eigenvalue weighted by Gasteiger charge is -2.29. The zero-order chi connectivity index (χ0) is 64.1. The summed E-state index contributed by atoms with van der Waals surface area (Å²) in [5, 5.41) is 12.7. The van der Waals surface area contributed by atoms with Gasteiger partial charge in [0.1, 0.15) is 24.4 Å². The van der Waals surface area contributed by atoms with E-state index < -0.39 is 35.5 Å². The minimum atomic E-state index is -0.539. The summed E-state index contributed by atoms with van der Waals surface area (Å²) in [5.74, 6) is -0.344. The number of alkyl carbamates (subject to hydrolysis) is 2. The number of ether oxygens (including phenoxy) is 4. The fourth-order valence-electron chi connectivity index (χ4n) is 11.3. The summed E-state index contributed by atoms with van der Waals surface area (Å²) in [6.45, 7) is 14.6. The largest absolute Gasteiger partial charge is 0.460 e. The standard InChI is InChI=1S/2C37H47N3O5/c2*1-37(2,3)45-34(41)22-21-31-23-25-40(26-32(29-16-9-5-10-17-29)30-18-11-6-12-19-30)35(42)33(39-31)20-13-24-38-36(43)44-27-28-14-7-4-8-15-28/h2*4-12,14-19,31-33,39H,13,20-27H2,1-3H3,(H,38,43)/t31-,33+;31-,33-/m10/s1. The first kappa shape index (κ1) is 69.1. The predicted octanol–water partition coefficient (Wildman–Crippen LogP) is 12.4. The van der Waals surface area contributed by atoms with Crippen molar-refractivity contribution < 1.29 is 47.7 Å². The van der Waals surface area contributed by atoms with Gasteiger partial charge < -0.3 is 50.0 Å². The number of carbonyl (C=O) groups excluding carboxylic acids is 6. The second-order valence-electron chi connectivity index (χ2n) is 25.2. The Bertz CT molecular complexity index is 2820. The van der Waals surface area contributed by atoms with Crippen LogP contribution in [0, 0.1) is 0 Å². The normalized spacial score (nSPS) is 17.1. The number of esters is 2. The Morgan fingerprint density at radius 3 is 1.06 bits per heavy atom. The van der Waals surface area contributed by atoms with E-state index in [0.717, 1.165) is 46.2 Å². The van der Waals surface area contributed by atoms with Crippen molar-refractivity contribution in [3.05, 3.63) is 215 Å². The number of nitrogens with one attached hydrogen (secondary N) is 4. The van der Waals surface area contributed by atoms with E-state index in [1.165, 1.54) is 0 Å². The number of amides is 4. The molecule has 0 unspecified atom stereocenters. The van der Waals surface area contributed by atoms with E-state index in [9.17, 15) is 28.8 Å². The van der Waals surface area contributed by atoms with Crippen LogP contribution in [-0.2, 0) is 51.3 Å². The number of rotatable bonds is 26. The predicted molar refractivity (Wildman–Crippen MR) is 351 cm³/mol. The molecule has 0 aromatic heterocycles. The van der Waals surface area contributed by atoms with E-state index in [-0.39, 0.29) is 73.7 Å². The van der Waals surface area contributed by atoms with Gasteiger partial charge in [-0.2, -0.15) is 0 Å². The van der Waals surface area contributed by atoms with Crippen LogP contribution in [0.5, 0.6) is 0 Å². The highest BCUT2D eigenvalue weighted by atomic mass is 16.6. The zero-order valence-corrected chi connectivity index (χ0v) is 53.5. The van der Waals surface area contributed by atoms with Crippen molar-refractivity contribution in [3.8, 4) is 0 Å². The minimum Gasteiger partial charge on any atom is -0.460 e. The molecule has 4 amide bonds. The van der Waals surface area contributed by atoms with Gasteiger partial charge in [-0.1, -0.05) is 182 Å². The summed E-state index contributed by atoms with van der Waals surface area (Å²) in [6, 6.07) is 59.3. The van der Waals surface area contributed by atoms with E-state index in [1.807, 2.05) is 185 Å². The third-order valence-corrected chi connectivity index (χ3v) is 15.7. The summed E-state index contributed by atoms with van der Waals surface area (Å²) in [6.07, 6.45) is 4.48. The van der Waals surface area contributed by atoms with Crippen LogP contribution in [0.3, 0.4) is 0 Å². The fourth-order valence-corrected chi connectivity index (χ4v) is 11.3. The lowest BCUT2D eigenvalue weighted by Crippen LogP contribution is -2.47. The molecule has 0 saturated carbocycles. The summed E-state index contributed by atoms with van der Waals surface area (Å²) in [5.41, 5.74) is 5.39. The summed E-state index contributed by atoms with van der Waals surface area (Å²) >= 11 is 0. The first-order valence-corrected chi connectivity index (χ1v) is 32.0. The molecule has 2 heterocycles. The van der Waals surface area contributed by atoms with Crippen molar-refractivity contribution in [2.45, 2.75) is 166 Å². The number of hydrogen-bond acceptors (Lipinski definition) is 12. The third kappa shape index (κ3) is 24.6. The molecular formula is C74H94N6O10. The topological polar surface area (TPSA) is 194 Å². The van der Waals surface area contributed by atoms with Gasteiger partial charge in [0.2, 0.25) is 11.8 Å². The van der Waals surface area contributed by atoms with Gasteiger partial charge in [-0.25, -0.2) is 9.59 Å². The van der Waals surface area contributed by atoms with Gasteiger partial charge >= 0.3 is 24.1 Å². The minimum absolute atomic E-state index is 0.0211. The molecule has 0 bridgehead atoms. The maximum Gasteiger partial charge on any atom is 0.407 e. The Morgan fingerprint density at radius 2 is 0.756 bits per heavy atom. The highest BCUT2D eigenvalue weighted by Gasteiger charge is 2.35. The van der Waals surface area contributed by atoms with Crippen LogP contribution in [-0.4, -0.2) is 120 Å². The number of nitrogens with zero attached hydrogens (tertiary/aromatic N) is 2. The molecule has 6 aromatic carbocycles. The average molecular weight is 1230 g/mol.